The highest BCUT2D eigenvalue weighted by atomic mass is 16.2. The fourth-order valence-electron chi connectivity index (χ4n) is 3.61. The van der Waals surface area contributed by atoms with E-state index in [1.807, 2.05) is 37.3 Å². The molecule has 0 saturated heterocycles. The lowest BCUT2D eigenvalue weighted by atomic mass is 10.1. The van der Waals surface area contributed by atoms with Gasteiger partial charge in [-0.3, -0.25) is 9.59 Å². The Labute approximate surface area is 162 Å². The molecule has 0 bridgehead atoms. The molecular weight excluding hydrogens is 352 g/mol. The highest BCUT2D eigenvalue weighted by Crippen LogP contribution is 2.31. The summed E-state index contributed by atoms with van der Waals surface area (Å²) >= 11 is 0. The molecule has 0 saturated carbocycles. The molecule has 0 aliphatic heterocycles. The summed E-state index contributed by atoms with van der Waals surface area (Å²) in [6.07, 6.45) is 0.774. The number of hydrogen-bond donors (Lipinski definition) is 1. The summed E-state index contributed by atoms with van der Waals surface area (Å²) in [5.74, 6) is -0.330. The van der Waals surface area contributed by atoms with E-state index in [1.54, 1.807) is 0 Å². The predicted molar refractivity (Wildman–Crippen MR) is 112 cm³/mol. The summed E-state index contributed by atoms with van der Waals surface area (Å²) in [4.78, 5) is 24.5. The summed E-state index contributed by atoms with van der Waals surface area (Å²) in [5.41, 5.74) is 3.04. The molecule has 1 N–H and O–H groups in total. The number of para-hydroxylation sites is 1. The number of amides is 1. The van der Waals surface area contributed by atoms with Gasteiger partial charge < -0.3 is 9.88 Å². The van der Waals surface area contributed by atoms with Crippen LogP contribution >= 0.6 is 0 Å². The van der Waals surface area contributed by atoms with Gasteiger partial charge in [-0.05, 0) is 43.7 Å². The van der Waals surface area contributed by atoms with E-state index in [2.05, 4.69) is 34.0 Å². The molecule has 28 heavy (non-hydrogen) atoms. The largest absolute Gasteiger partial charge is 0.341 e. The van der Waals surface area contributed by atoms with Crippen molar-refractivity contribution in [3.63, 3.8) is 0 Å². The van der Waals surface area contributed by atoms with Gasteiger partial charge in [-0.2, -0.15) is 5.10 Å². The zero-order valence-electron chi connectivity index (χ0n) is 16.0. The molecule has 142 valence electrons. The van der Waals surface area contributed by atoms with Crippen LogP contribution in [0.25, 0.3) is 21.8 Å². The van der Waals surface area contributed by atoms with E-state index in [1.165, 1.54) is 22.3 Å². The average Bonchev–Trinajstić information content (AvgIpc) is 3.03. The molecule has 0 radical (unpaired) electrons. The molecule has 0 atom stereocenters. The van der Waals surface area contributed by atoms with Gasteiger partial charge in [0.1, 0.15) is 5.69 Å². The Morgan fingerprint density at radius 2 is 1.79 bits per heavy atom. The van der Waals surface area contributed by atoms with Crippen LogP contribution in [0.5, 0.6) is 0 Å². The zero-order chi connectivity index (χ0) is 19.7. The summed E-state index contributed by atoms with van der Waals surface area (Å²) in [6, 6.07) is 17.0. The van der Waals surface area contributed by atoms with Crippen molar-refractivity contribution in [2.75, 3.05) is 5.32 Å². The molecule has 0 fully saturated rings. The van der Waals surface area contributed by atoms with Crippen molar-refractivity contribution >= 4 is 33.4 Å². The Hall–Kier alpha value is -3.41. The number of benzene rings is 2. The van der Waals surface area contributed by atoms with Crippen LogP contribution in [0.1, 0.15) is 30.8 Å². The topological polar surface area (TPSA) is 68.9 Å². The van der Waals surface area contributed by atoms with Crippen LogP contribution in [-0.4, -0.2) is 20.3 Å². The van der Waals surface area contributed by atoms with E-state index in [-0.39, 0.29) is 17.2 Å². The van der Waals surface area contributed by atoms with Gasteiger partial charge in [0.25, 0.3) is 11.5 Å². The number of rotatable bonds is 5. The minimum absolute atomic E-state index is 0.202. The Bertz CT molecular complexity index is 1240. The van der Waals surface area contributed by atoms with E-state index in [0.717, 1.165) is 29.3 Å². The lowest BCUT2D eigenvalue weighted by Gasteiger charge is -2.08. The summed E-state index contributed by atoms with van der Waals surface area (Å²) in [5, 5.41) is 9.33. The van der Waals surface area contributed by atoms with Crippen LogP contribution in [0.2, 0.25) is 0 Å². The number of fused-ring (bicyclic) bond motifs is 3. The maximum absolute atomic E-state index is 12.6. The molecule has 4 aromatic rings. The standard InChI is InChI=1S/C22H22N4O2/c1-3-13-26-21(27)12-10-18(24-26)22(28)23-15-9-11-20-17(14-15)16-7-5-6-8-19(16)25(20)4-2/h5-12,14H,3-4,13H2,1-2H3,(H,23,28). The van der Waals surface area contributed by atoms with Crippen molar-refractivity contribution < 1.29 is 4.79 Å². The lowest BCUT2D eigenvalue weighted by molar-refractivity contribution is 0.102. The van der Waals surface area contributed by atoms with E-state index >= 15 is 0 Å². The number of carbonyl (C=O) groups excluding carboxylic acids is 1. The SMILES string of the molecule is CCCn1nc(C(=O)Nc2ccc3c(c2)c2ccccc2n3CC)ccc1=O. The van der Waals surface area contributed by atoms with Crippen LogP contribution < -0.4 is 10.9 Å². The quantitative estimate of drug-likeness (QED) is 0.573. The third-order valence-corrected chi connectivity index (χ3v) is 4.88. The molecule has 0 aliphatic carbocycles. The minimum Gasteiger partial charge on any atom is -0.341 e. The monoisotopic (exact) mass is 374 g/mol. The van der Waals surface area contributed by atoms with Crippen molar-refractivity contribution in [1.82, 2.24) is 14.3 Å². The van der Waals surface area contributed by atoms with E-state index in [0.29, 0.717) is 12.2 Å². The zero-order valence-corrected chi connectivity index (χ0v) is 16.0. The number of anilines is 1. The Kier molecular flexibility index (Phi) is 4.69. The molecule has 1 amide bonds. The van der Waals surface area contributed by atoms with Crippen LogP contribution in [-0.2, 0) is 13.1 Å². The van der Waals surface area contributed by atoms with Crippen LogP contribution in [0.15, 0.2) is 59.4 Å². The third kappa shape index (κ3) is 3.07. The molecule has 6 nitrogen and oxygen atoms in total. The number of aromatic nitrogens is 3. The smallest absolute Gasteiger partial charge is 0.276 e. The molecule has 2 aromatic heterocycles. The molecule has 0 aliphatic rings. The lowest BCUT2D eigenvalue weighted by Crippen LogP contribution is -2.26. The average molecular weight is 374 g/mol. The second kappa shape index (κ2) is 7.31. The van der Waals surface area contributed by atoms with Crippen molar-refractivity contribution in [3.8, 4) is 0 Å². The molecular formula is C22H22N4O2. The van der Waals surface area contributed by atoms with Gasteiger partial charge in [-0.1, -0.05) is 25.1 Å². The first-order valence-electron chi connectivity index (χ1n) is 9.53. The number of nitrogens with zero attached hydrogens (tertiary/aromatic N) is 3. The van der Waals surface area contributed by atoms with Gasteiger partial charge in [0.15, 0.2) is 0 Å². The Morgan fingerprint density at radius 1 is 1.00 bits per heavy atom. The summed E-state index contributed by atoms with van der Waals surface area (Å²) in [6.45, 7) is 5.45. The van der Waals surface area contributed by atoms with E-state index < -0.39 is 0 Å². The van der Waals surface area contributed by atoms with Gasteiger partial charge in [0.2, 0.25) is 0 Å². The summed E-state index contributed by atoms with van der Waals surface area (Å²) < 4.78 is 3.59. The van der Waals surface area contributed by atoms with Crippen molar-refractivity contribution in [1.29, 1.82) is 0 Å². The van der Waals surface area contributed by atoms with E-state index in [4.69, 9.17) is 0 Å². The number of aryl methyl sites for hydroxylation is 2. The number of hydrogen-bond acceptors (Lipinski definition) is 3. The first-order valence-corrected chi connectivity index (χ1v) is 9.53. The van der Waals surface area contributed by atoms with Gasteiger partial charge in [-0.25, -0.2) is 4.68 Å². The molecule has 6 heteroatoms. The van der Waals surface area contributed by atoms with Crippen molar-refractivity contribution in [2.45, 2.75) is 33.4 Å². The van der Waals surface area contributed by atoms with Gasteiger partial charge >= 0.3 is 0 Å². The predicted octanol–water partition coefficient (Wildman–Crippen LogP) is 4.03. The van der Waals surface area contributed by atoms with Crippen LogP contribution in [0.4, 0.5) is 5.69 Å². The number of carbonyl (C=O) groups is 1. The maximum atomic E-state index is 12.6. The van der Waals surface area contributed by atoms with Crippen molar-refractivity contribution in [2.24, 2.45) is 0 Å². The normalized spacial score (nSPS) is 11.2. The van der Waals surface area contributed by atoms with Crippen molar-refractivity contribution in [3.05, 3.63) is 70.6 Å². The van der Waals surface area contributed by atoms with Gasteiger partial charge in [0.05, 0.1) is 0 Å². The maximum Gasteiger partial charge on any atom is 0.276 e. The van der Waals surface area contributed by atoms with Gasteiger partial charge in [0, 0.05) is 46.6 Å². The number of nitrogens with one attached hydrogen (secondary N) is 1. The molecule has 0 spiro atoms. The highest BCUT2D eigenvalue weighted by Gasteiger charge is 2.13. The van der Waals surface area contributed by atoms with E-state index in [9.17, 15) is 9.59 Å². The van der Waals surface area contributed by atoms with Crippen LogP contribution in [0.3, 0.4) is 0 Å². The molecule has 0 unspecified atom stereocenters. The third-order valence-electron chi connectivity index (χ3n) is 4.88. The van der Waals surface area contributed by atoms with Gasteiger partial charge in [-0.15, -0.1) is 0 Å². The first kappa shape index (κ1) is 18.0. The fraction of sp³-hybridized carbons (Fsp3) is 0.227. The minimum atomic E-state index is -0.330. The molecule has 4 rings (SSSR count). The second-order valence-corrected chi connectivity index (χ2v) is 6.73. The Balaban J connectivity index is 1.70. The highest BCUT2D eigenvalue weighted by molar-refractivity contribution is 6.10. The van der Waals surface area contributed by atoms with Crippen LogP contribution in [0, 0.1) is 0 Å². The molecule has 2 aromatic carbocycles. The Morgan fingerprint density at radius 3 is 2.57 bits per heavy atom. The summed E-state index contributed by atoms with van der Waals surface area (Å²) in [7, 11) is 0. The fourth-order valence-corrected chi connectivity index (χ4v) is 3.61. The molecule has 2 heterocycles. The first-order chi connectivity index (χ1) is 13.6. The second-order valence-electron chi connectivity index (χ2n) is 6.73.